The highest BCUT2D eigenvalue weighted by molar-refractivity contribution is 9.10. The minimum atomic E-state index is 0.425. The number of halogens is 1. The van der Waals surface area contributed by atoms with Gasteiger partial charge in [0.25, 0.3) is 0 Å². The van der Waals surface area contributed by atoms with Gasteiger partial charge in [-0.15, -0.1) is 0 Å². The highest BCUT2D eigenvalue weighted by Gasteiger charge is 2.06. The molecule has 2 heteroatoms. The smallest absolute Gasteiger partial charge is 0.0374 e. The highest BCUT2D eigenvalue weighted by atomic mass is 79.9. The van der Waals surface area contributed by atoms with Crippen molar-refractivity contribution in [3.8, 4) is 0 Å². The van der Waals surface area contributed by atoms with Crippen molar-refractivity contribution in [3.63, 3.8) is 0 Å². The molecule has 0 radical (unpaired) electrons. The van der Waals surface area contributed by atoms with Gasteiger partial charge in [-0.1, -0.05) is 59.6 Å². The first-order chi connectivity index (χ1) is 9.69. The standard InChI is InChI=1S/C18H22BrN/c1-3-6-16-7-4-5-8-18(16)20-14(2)13-15-9-11-17(19)12-10-15/h4-5,7-12,14,20H,3,6,13H2,1-2H3. The molecule has 1 N–H and O–H groups in total. The maximum absolute atomic E-state index is 3.65. The summed E-state index contributed by atoms with van der Waals surface area (Å²) in [7, 11) is 0. The van der Waals surface area contributed by atoms with Crippen LogP contribution in [0, 0.1) is 0 Å². The Labute approximate surface area is 130 Å². The largest absolute Gasteiger partial charge is 0.382 e. The predicted octanol–water partition coefficient (Wildman–Crippen LogP) is 5.44. The van der Waals surface area contributed by atoms with Gasteiger partial charge in [-0.05, 0) is 49.1 Å². The Bertz CT molecular complexity index is 533. The third-order valence-electron chi connectivity index (χ3n) is 3.39. The van der Waals surface area contributed by atoms with Crippen LogP contribution in [0.3, 0.4) is 0 Å². The summed E-state index contributed by atoms with van der Waals surface area (Å²) < 4.78 is 1.13. The second-order valence-electron chi connectivity index (χ2n) is 5.28. The quantitative estimate of drug-likeness (QED) is 0.742. The van der Waals surface area contributed by atoms with Gasteiger partial charge >= 0.3 is 0 Å². The van der Waals surface area contributed by atoms with Crippen LogP contribution in [0.2, 0.25) is 0 Å². The van der Waals surface area contributed by atoms with Gasteiger partial charge in [-0.2, -0.15) is 0 Å². The van der Waals surface area contributed by atoms with Crippen LogP contribution in [-0.4, -0.2) is 6.04 Å². The molecule has 1 unspecified atom stereocenters. The summed E-state index contributed by atoms with van der Waals surface area (Å²) in [6, 6.07) is 17.6. The Hall–Kier alpha value is -1.28. The van der Waals surface area contributed by atoms with Gasteiger partial charge in [0.1, 0.15) is 0 Å². The van der Waals surface area contributed by atoms with E-state index in [4.69, 9.17) is 0 Å². The summed E-state index contributed by atoms with van der Waals surface area (Å²) in [6.07, 6.45) is 3.35. The van der Waals surface area contributed by atoms with Crippen LogP contribution in [0.25, 0.3) is 0 Å². The molecule has 0 aliphatic rings. The molecule has 0 saturated heterocycles. The van der Waals surface area contributed by atoms with Crippen LogP contribution in [0.15, 0.2) is 53.0 Å². The van der Waals surface area contributed by atoms with Crippen molar-refractivity contribution in [2.24, 2.45) is 0 Å². The van der Waals surface area contributed by atoms with Crippen molar-refractivity contribution in [3.05, 3.63) is 64.1 Å². The van der Waals surface area contributed by atoms with E-state index in [0.717, 1.165) is 17.3 Å². The molecular weight excluding hydrogens is 310 g/mol. The summed E-state index contributed by atoms with van der Waals surface area (Å²) in [6.45, 7) is 4.47. The van der Waals surface area contributed by atoms with Crippen molar-refractivity contribution in [2.45, 2.75) is 39.2 Å². The molecule has 2 rings (SSSR count). The van der Waals surface area contributed by atoms with Gasteiger partial charge in [0, 0.05) is 16.2 Å². The number of anilines is 1. The van der Waals surface area contributed by atoms with E-state index >= 15 is 0 Å². The Balaban J connectivity index is 2.00. The third kappa shape index (κ3) is 4.38. The fourth-order valence-corrected chi connectivity index (χ4v) is 2.70. The summed E-state index contributed by atoms with van der Waals surface area (Å²) >= 11 is 3.48. The second-order valence-corrected chi connectivity index (χ2v) is 6.20. The van der Waals surface area contributed by atoms with Crippen LogP contribution in [-0.2, 0) is 12.8 Å². The van der Waals surface area contributed by atoms with Crippen LogP contribution in [0.1, 0.15) is 31.4 Å². The number of para-hydroxylation sites is 1. The maximum atomic E-state index is 3.65. The summed E-state index contributed by atoms with van der Waals surface area (Å²) in [5.41, 5.74) is 4.05. The van der Waals surface area contributed by atoms with E-state index in [1.807, 2.05) is 0 Å². The zero-order chi connectivity index (χ0) is 14.4. The SMILES string of the molecule is CCCc1ccccc1NC(C)Cc1ccc(Br)cc1. The lowest BCUT2D eigenvalue weighted by Crippen LogP contribution is -2.19. The Morgan fingerprint density at radius 3 is 2.45 bits per heavy atom. The molecule has 20 heavy (non-hydrogen) atoms. The molecule has 0 bridgehead atoms. The first-order valence-electron chi connectivity index (χ1n) is 7.28. The first-order valence-corrected chi connectivity index (χ1v) is 8.07. The number of nitrogens with one attached hydrogen (secondary N) is 1. The van der Waals surface area contributed by atoms with Crippen LogP contribution in [0.4, 0.5) is 5.69 Å². The normalized spacial score (nSPS) is 12.2. The molecule has 0 saturated carbocycles. The van der Waals surface area contributed by atoms with E-state index in [0.29, 0.717) is 6.04 Å². The Morgan fingerprint density at radius 1 is 1.05 bits per heavy atom. The molecule has 0 amide bonds. The molecule has 0 heterocycles. The lowest BCUT2D eigenvalue weighted by Gasteiger charge is -2.18. The number of rotatable bonds is 6. The lowest BCUT2D eigenvalue weighted by atomic mass is 10.0. The fraction of sp³-hybridized carbons (Fsp3) is 0.333. The van der Waals surface area contributed by atoms with E-state index in [9.17, 15) is 0 Å². The van der Waals surface area contributed by atoms with E-state index in [1.54, 1.807) is 0 Å². The molecule has 0 fully saturated rings. The van der Waals surface area contributed by atoms with Crippen LogP contribution in [0.5, 0.6) is 0 Å². The monoisotopic (exact) mass is 331 g/mol. The van der Waals surface area contributed by atoms with Gasteiger partial charge in [-0.25, -0.2) is 0 Å². The Morgan fingerprint density at radius 2 is 1.75 bits per heavy atom. The topological polar surface area (TPSA) is 12.0 Å². The molecule has 0 aromatic heterocycles. The van der Waals surface area contributed by atoms with Crippen LogP contribution >= 0.6 is 15.9 Å². The van der Waals surface area contributed by atoms with Gasteiger partial charge < -0.3 is 5.32 Å². The van der Waals surface area contributed by atoms with Gasteiger partial charge in [0.15, 0.2) is 0 Å². The molecule has 1 atom stereocenters. The molecule has 0 aliphatic heterocycles. The average Bonchev–Trinajstić information content (AvgIpc) is 2.44. The summed E-state index contributed by atoms with van der Waals surface area (Å²) in [4.78, 5) is 0. The van der Waals surface area contributed by atoms with Crippen molar-refractivity contribution >= 4 is 21.6 Å². The number of benzene rings is 2. The predicted molar refractivity (Wildman–Crippen MR) is 91.4 cm³/mol. The molecule has 0 spiro atoms. The summed E-state index contributed by atoms with van der Waals surface area (Å²) in [5, 5.41) is 3.65. The summed E-state index contributed by atoms with van der Waals surface area (Å²) in [5.74, 6) is 0. The number of hydrogen-bond donors (Lipinski definition) is 1. The molecule has 1 nitrogen and oxygen atoms in total. The van der Waals surface area contributed by atoms with E-state index < -0.39 is 0 Å². The third-order valence-corrected chi connectivity index (χ3v) is 3.92. The van der Waals surface area contributed by atoms with Gasteiger partial charge in [-0.3, -0.25) is 0 Å². The van der Waals surface area contributed by atoms with Crippen LogP contribution < -0.4 is 5.32 Å². The molecule has 2 aromatic rings. The number of hydrogen-bond acceptors (Lipinski definition) is 1. The molecule has 0 aliphatic carbocycles. The highest BCUT2D eigenvalue weighted by Crippen LogP contribution is 2.19. The van der Waals surface area contributed by atoms with Gasteiger partial charge in [0.05, 0.1) is 0 Å². The second kappa shape index (κ2) is 7.49. The number of aryl methyl sites for hydroxylation is 1. The zero-order valence-electron chi connectivity index (χ0n) is 12.2. The van der Waals surface area contributed by atoms with Crippen molar-refractivity contribution in [1.82, 2.24) is 0 Å². The van der Waals surface area contributed by atoms with E-state index in [-0.39, 0.29) is 0 Å². The maximum Gasteiger partial charge on any atom is 0.0374 e. The van der Waals surface area contributed by atoms with Crippen molar-refractivity contribution in [2.75, 3.05) is 5.32 Å². The lowest BCUT2D eigenvalue weighted by molar-refractivity contribution is 0.785. The first kappa shape index (κ1) is 15.1. The minimum absolute atomic E-state index is 0.425. The van der Waals surface area contributed by atoms with Crippen molar-refractivity contribution in [1.29, 1.82) is 0 Å². The molecular formula is C18H22BrN. The molecule has 106 valence electrons. The average molecular weight is 332 g/mol. The van der Waals surface area contributed by atoms with E-state index in [2.05, 4.69) is 83.6 Å². The minimum Gasteiger partial charge on any atom is -0.382 e. The van der Waals surface area contributed by atoms with Crippen molar-refractivity contribution < 1.29 is 0 Å². The molecule has 2 aromatic carbocycles. The zero-order valence-corrected chi connectivity index (χ0v) is 13.8. The van der Waals surface area contributed by atoms with Gasteiger partial charge in [0.2, 0.25) is 0 Å². The van der Waals surface area contributed by atoms with E-state index in [1.165, 1.54) is 23.2 Å². The fourth-order valence-electron chi connectivity index (χ4n) is 2.44. The Kier molecular flexibility index (Phi) is 5.66.